The number of urea groups is 1. The molecule has 2 amide bonds. The first-order chi connectivity index (χ1) is 10.9. The Morgan fingerprint density at radius 2 is 2.30 bits per heavy atom. The maximum absolute atomic E-state index is 13.6. The minimum Gasteiger partial charge on any atom is -0.374 e. The highest BCUT2D eigenvalue weighted by Gasteiger charge is 2.21. The first kappa shape index (κ1) is 18.0. The summed E-state index contributed by atoms with van der Waals surface area (Å²) < 4.78 is 19.3. The average Bonchev–Trinajstić information content (AvgIpc) is 2.48. The van der Waals surface area contributed by atoms with Crippen molar-refractivity contribution in [2.24, 2.45) is 5.92 Å². The standard InChI is InChI=1S/C16H23ClFN3O2/c1-11(2)9-21-5-6-23-13(10-21)8-19-16(22)20-15-4-3-12(17)7-14(15)18/h3-4,7,11,13H,5-6,8-10H2,1-2H3,(H2,19,20,22). The molecule has 2 N–H and O–H groups in total. The second-order valence-electron chi connectivity index (χ2n) is 6.11. The summed E-state index contributed by atoms with van der Waals surface area (Å²) in [5.41, 5.74) is 0.0953. The summed E-state index contributed by atoms with van der Waals surface area (Å²) in [6.07, 6.45) is -0.0525. The van der Waals surface area contributed by atoms with Crippen LogP contribution in [-0.2, 0) is 4.74 Å². The van der Waals surface area contributed by atoms with Gasteiger partial charge in [0.15, 0.2) is 0 Å². The third kappa shape index (κ3) is 5.97. The van der Waals surface area contributed by atoms with Crippen molar-refractivity contribution in [3.8, 4) is 0 Å². The lowest BCUT2D eigenvalue weighted by Crippen LogP contribution is -2.48. The van der Waals surface area contributed by atoms with Gasteiger partial charge in [-0.15, -0.1) is 0 Å². The Bertz CT molecular complexity index is 542. The van der Waals surface area contributed by atoms with Crippen LogP contribution in [0.1, 0.15) is 13.8 Å². The number of hydrogen-bond donors (Lipinski definition) is 2. The number of anilines is 1. The van der Waals surface area contributed by atoms with E-state index in [1.807, 2.05) is 0 Å². The quantitative estimate of drug-likeness (QED) is 0.864. The number of rotatable bonds is 5. The zero-order valence-electron chi connectivity index (χ0n) is 13.4. The van der Waals surface area contributed by atoms with Gasteiger partial charge < -0.3 is 15.4 Å². The second kappa shape index (κ2) is 8.47. The molecular formula is C16H23ClFN3O2. The number of carbonyl (C=O) groups excluding carboxylic acids is 1. The zero-order valence-corrected chi connectivity index (χ0v) is 14.2. The van der Waals surface area contributed by atoms with Gasteiger partial charge in [-0.1, -0.05) is 25.4 Å². The van der Waals surface area contributed by atoms with E-state index in [-0.39, 0.29) is 16.8 Å². The van der Waals surface area contributed by atoms with Crippen LogP contribution in [-0.4, -0.2) is 49.8 Å². The lowest BCUT2D eigenvalue weighted by Gasteiger charge is -2.33. The maximum Gasteiger partial charge on any atom is 0.319 e. The van der Waals surface area contributed by atoms with E-state index in [0.29, 0.717) is 19.1 Å². The van der Waals surface area contributed by atoms with E-state index >= 15 is 0 Å². The fourth-order valence-electron chi connectivity index (χ4n) is 2.55. The van der Waals surface area contributed by atoms with Crippen molar-refractivity contribution in [1.29, 1.82) is 0 Å². The Kier molecular flexibility index (Phi) is 6.62. The summed E-state index contributed by atoms with van der Waals surface area (Å²) in [6.45, 7) is 8.11. The molecule has 1 fully saturated rings. The van der Waals surface area contributed by atoms with E-state index in [0.717, 1.165) is 25.7 Å². The molecule has 0 radical (unpaired) electrons. The fraction of sp³-hybridized carbons (Fsp3) is 0.562. The largest absolute Gasteiger partial charge is 0.374 e. The maximum atomic E-state index is 13.6. The first-order valence-corrected chi connectivity index (χ1v) is 8.15. The van der Waals surface area contributed by atoms with Crippen molar-refractivity contribution in [2.75, 3.05) is 38.1 Å². The van der Waals surface area contributed by atoms with Gasteiger partial charge in [-0.05, 0) is 24.1 Å². The summed E-state index contributed by atoms with van der Waals surface area (Å²) in [7, 11) is 0. The van der Waals surface area contributed by atoms with Crippen LogP contribution in [0.25, 0.3) is 0 Å². The number of nitrogens with zero attached hydrogens (tertiary/aromatic N) is 1. The monoisotopic (exact) mass is 343 g/mol. The number of morpholine rings is 1. The number of carbonyl (C=O) groups is 1. The molecule has 1 unspecified atom stereocenters. The third-order valence-corrected chi connectivity index (χ3v) is 3.75. The van der Waals surface area contributed by atoms with E-state index < -0.39 is 11.8 Å². The summed E-state index contributed by atoms with van der Waals surface area (Å²) >= 11 is 5.68. The fourth-order valence-corrected chi connectivity index (χ4v) is 2.71. The molecule has 1 heterocycles. The molecule has 1 aromatic carbocycles. The van der Waals surface area contributed by atoms with Crippen LogP contribution >= 0.6 is 11.6 Å². The number of ether oxygens (including phenoxy) is 1. The Morgan fingerprint density at radius 1 is 1.52 bits per heavy atom. The molecule has 1 aliphatic heterocycles. The summed E-state index contributed by atoms with van der Waals surface area (Å²) in [5.74, 6) is 0.0302. The number of amides is 2. The van der Waals surface area contributed by atoms with Crippen LogP contribution in [0, 0.1) is 11.7 Å². The highest BCUT2D eigenvalue weighted by atomic mass is 35.5. The Hall–Kier alpha value is -1.37. The average molecular weight is 344 g/mol. The molecular weight excluding hydrogens is 321 g/mol. The highest BCUT2D eigenvalue weighted by Crippen LogP contribution is 2.18. The van der Waals surface area contributed by atoms with Crippen LogP contribution in [0.4, 0.5) is 14.9 Å². The van der Waals surface area contributed by atoms with Crippen LogP contribution < -0.4 is 10.6 Å². The molecule has 1 aliphatic rings. The van der Waals surface area contributed by atoms with Gasteiger partial charge in [-0.2, -0.15) is 0 Å². The molecule has 0 spiro atoms. The van der Waals surface area contributed by atoms with Gasteiger partial charge in [0.25, 0.3) is 0 Å². The van der Waals surface area contributed by atoms with E-state index in [4.69, 9.17) is 16.3 Å². The minimum absolute atomic E-state index is 0.0525. The number of benzene rings is 1. The van der Waals surface area contributed by atoms with Gasteiger partial charge in [0.1, 0.15) is 5.82 Å². The lowest BCUT2D eigenvalue weighted by atomic mass is 10.2. The molecule has 1 aromatic rings. The molecule has 7 heteroatoms. The van der Waals surface area contributed by atoms with Gasteiger partial charge in [0.2, 0.25) is 0 Å². The van der Waals surface area contributed by atoms with Crippen molar-refractivity contribution in [3.63, 3.8) is 0 Å². The predicted molar refractivity (Wildman–Crippen MR) is 89.4 cm³/mol. The van der Waals surface area contributed by atoms with Crippen molar-refractivity contribution in [1.82, 2.24) is 10.2 Å². The highest BCUT2D eigenvalue weighted by molar-refractivity contribution is 6.30. The SMILES string of the molecule is CC(C)CN1CCOC(CNC(=O)Nc2ccc(Cl)cc2F)C1. The zero-order chi connectivity index (χ0) is 16.8. The Labute approximate surface area is 141 Å². The predicted octanol–water partition coefficient (Wildman–Crippen LogP) is 2.96. The number of halogens is 2. The van der Waals surface area contributed by atoms with Gasteiger partial charge in [-0.25, -0.2) is 9.18 Å². The molecule has 0 bridgehead atoms. The minimum atomic E-state index is -0.565. The lowest BCUT2D eigenvalue weighted by molar-refractivity contribution is -0.0288. The van der Waals surface area contributed by atoms with Gasteiger partial charge in [-0.3, -0.25) is 4.90 Å². The van der Waals surface area contributed by atoms with Gasteiger partial charge in [0, 0.05) is 31.2 Å². The normalized spacial score (nSPS) is 18.9. The van der Waals surface area contributed by atoms with Crippen molar-refractivity contribution >= 4 is 23.3 Å². The van der Waals surface area contributed by atoms with Crippen LogP contribution in [0.15, 0.2) is 18.2 Å². The summed E-state index contributed by atoms with van der Waals surface area (Å²) in [6, 6.07) is 3.65. The summed E-state index contributed by atoms with van der Waals surface area (Å²) in [4.78, 5) is 14.2. The van der Waals surface area contributed by atoms with Crippen molar-refractivity contribution in [2.45, 2.75) is 20.0 Å². The molecule has 5 nitrogen and oxygen atoms in total. The topological polar surface area (TPSA) is 53.6 Å². The smallest absolute Gasteiger partial charge is 0.319 e. The van der Waals surface area contributed by atoms with Crippen molar-refractivity contribution < 1.29 is 13.9 Å². The Morgan fingerprint density at radius 3 is 3.00 bits per heavy atom. The van der Waals surface area contributed by atoms with E-state index in [2.05, 4.69) is 29.4 Å². The van der Waals surface area contributed by atoms with Crippen LogP contribution in [0.5, 0.6) is 0 Å². The van der Waals surface area contributed by atoms with E-state index in [1.54, 1.807) is 0 Å². The van der Waals surface area contributed by atoms with E-state index in [9.17, 15) is 9.18 Å². The molecule has 0 saturated carbocycles. The van der Waals surface area contributed by atoms with Gasteiger partial charge in [0.05, 0.1) is 18.4 Å². The molecule has 2 rings (SSSR count). The van der Waals surface area contributed by atoms with Crippen molar-refractivity contribution in [3.05, 3.63) is 29.0 Å². The van der Waals surface area contributed by atoms with E-state index in [1.165, 1.54) is 12.1 Å². The van der Waals surface area contributed by atoms with Crippen LogP contribution in [0.2, 0.25) is 5.02 Å². The first-order valence-electron chi connectivity index (χ1n) is 7.78. The molecule has 23 heavy (non-hydrogen) atoms. The third-order valence-electron chi connectivity index (χ3n) is 3.52. The molecule has 1 atom stereocenters. The number of nitrogens with one attached hydrogen (secondary N) is 2. The summed E-state index contributed by atoms with van der Waals surface area (Å²) in [5, 5.41) is 5.47. The molecule has 1 saturated heterocycles. The van der Waals surface area contributed by atoms with Gasteiger partial charge >= 0.3 is 6.03 Å². The second-order valence-corrected chi connectivity index (χ2v) is 6.54. The Balaban J connectivity index is 1.77. The molecule has 0 aromatic heterocycles. The number of hydrogen-bond acceptors (Lipinski definition) is 3. The molecule has 128 valence electrons. The van der Waals surface area contributed by atoms with Crippen LogP contribution in [0.3, 0.4) is 0 Å². The molecule has 0 aliphatic carbocycles.